The van der Waals surface area contributed by atoms with Crippen molar-refractivity contribution >= 4 is 53.2 Å². The summed E-state index contributed by atoms with van der Waals surface area (Å²) in [5.74, 6) is -4.73. The molecule has 0 spiro atoms. The molecule has 1 heterocycles. The second-order valence-corrected chi connectivity index (χ2v) is 10.2. The van der Waals surface area contributed by atoms with E-state index in [9.17, 15) is 43.5 Å². The molecule has 1 aromatic rings. The van der Waals surface area contributed by atoms with Gasteiger partial charge in [-0.25, -0.2) is 4.79 Å². The SMILES string of the molecule is CC.CC(=O)OCc1ccc(NC(=O)[C@H](CCCNC(N)=O)NC(=O)[C@H](CC(=O)O)NC(=O)CCCCCN2C(=O)C=CC2=O)cc1. The molecule has 1 aliphatic rings. The maximum Gasteiger partial charge on any atom is 0.312 e. The molecule has 0 unspecified atom stereocenters. The number of carboxylic acids is 1. The van der Waals surface area contributed by atoms with Crippen LogP contribution in [-0.4, -0.2) is 82.7 Å². The molecule has 16 nitrogen and oxygen atoms in total. The van der Waals surface area contributed by atoms with E-state index in [0.717, 1.165) is 4.90 Å². The molecular formula is C31H44N6O10. The molecule has 2 rings (SSSR count). The minimum absolute atomic E-state index is 0.0354. The number of anilines is 1. The number of aliphatic carboxylic acids is 1. The van der Waals surface area contributed by atoms with Gasteiger partial charge in [0.1, 0.15) is 18.7 Å². The Morgan fingerprint density at radius 3 is 2.09 bits per heavy atom. The van der Waals surface area contributed by atoms with E-state index in [1.54, 1.807) is 24.3 Å². The van der Waals surface area contributed by atoms with Gasteiger partial charge < -0.3 is 36.8 Å². The highest BCUT2D eigenvalue weighted by molar-refractivity contribution is 6.12. The van der Waals surface area contributed by atoms with E-state index in [-0.39, 0.29) is 39.0 Å². The lowest BCUT2D eigenvalue weighted by molar-refractivity contribution is -0.142. The first-order valence-corrected chi connectivity index (χ1v) is 15.3. The number of carbonyl (C=O) groups is 8. The molecule has 258 valence electrons. The van der Waals surface area contributed by atoms with Crippen LogP contribution in [0.5, 0.6) is 0 Å². The van der Waals surface area contributed by atoms with Crippen LogP contribution in [0, 0.1) is 0 Å². The molecule has 2 atom stereocenters. The molecule has 1 aliphatic heterocycles. The van der Waals surface area contributed by atoms with Crippen LogP contribution >= 0.6 is 0 Å². The van der Waals surface area contributed by atoms with Gasteiger partial charge in [0.15, 0.2) is 0 Å². The number of nitrogens with one attached hydrogen (secondary N) is 4. The predicted octanol–water partition coefficient (Wildman–Crippen LogP) is 1.09. The summed E-state index contributed by atoms with van der Waals surface area (Å²) in [6.45, 7) is 5.63. The van der Waals surface area contributed by atoms with Crippen molar-refractivity contribution in [1.29, 1.82) is 0 Å². The van der Waals surface area contributed by atoms with Crippen molar-refractivity contribution in [2.75, 3.05) is 18.4 Å². The lowest BCUT2D eigenvalue weighted by atomic mass is 10.1. The van der Waals surface area contributed by atoms with Gasteiger partial charge in [-0.15, -0.1) is 0 Å². The normalized spacial score (nSPS) is 13.0. The number of unbranched alkanes of at least 4 members (excludes halogenated alkanes) is 2. The van der Waals surface area contributed by atoms with E-state index in [0.29, 0.717) is 30.5 Å². The molecule has 16 heteroatoms. The van der Waals surface area contributed by atoms with Gasteiger partial charge in [0.2, 0.25) is 17.7 Å². The average Bonchev–Trinajstić information content (AvgIpc) is 3.34. The Morgan fingerprint density at radius 1 is 0.872 bits per heavy atom. The minimum Gasteiger partial charge on any atom is -0.481 e. The van der Waals surface area contributed by atoms with Crippen molar-refractivity contribution in [3.8, 4) is 0 Å². The topological polar surface area (TPSA) is 243 Å². The number of nitrogens with two attached hydrogens (primary N) is 1. The number of nitrogens with zero attached hydrogens (tertiary/aromatic N) is 1. The van der Waals surface area contributed by atoms with E-state index in [1.165, 1.54) is 19.1 Å². The summed E-state index contributed by atoms with van der Waals surface area (Å²) in [7, 11) is 0. The molecule has 7 amide bonds. The zero-order valence-corrected chi connectivity index (χ0v) is 26.8. The molecule has 0 bridgehead atoms. The summed E-state index contributed by atoms with van der Waals surface area (Å²) in [5.41, 5.74) is 6.11. The first-order chi connectivity index (χ1) is 22.3. The van der Waals surface area contributed by atoms with Gasteiger partial charge >= 0.3 is 18.0 Å². The number of benzene rings is 1. The quantitative estimate of drug-likeness (QED) is 0.0701. The van der Waals surface area contributed by atoms with Crippen LogP contribution in [0.4, 0.5) is 10.5 Å². The summed E-state index contributed by atoms with van der Waals surface area (Å²) >= 11 is 0. The largest absolute Gasteiger partial charge is 0.481 e. The Balaban J connectivity index is 0.00000541. The van der Waals surface area contributed by atoms with Crippen LogP contribution in [0.25, 0.3) is 0 Å². The fourth-order valence-electron chi connectivity index (χ4n) is 4.19. The van der Waals surface area contributed by atoms with Gasteiger partial charge in [-0.05, 0) is 43.4 Å². The third-order valence-electron chi connectivity index (χ3n) is 6.48. The van der Waals surface area contributed by atoms with E-state index in [1.807, 2.05) is 13.8 Å². The number of hydrogen-bond donors (Lipinski definition) is 6. The molecule has 0 saturated heterocycles. The third kappa shape index (κ3) is 16.0. The number of urea groups is 1. The Morgan fingerprint density at radius 2 is 1.51 bits per heavy atom. The Kier molecular flexibility index (Phi) is 18.1. The minimum atomic E-state index is -1.49. The van der Waals surface area contributed by atoms with Crippen LogP contribution in [0.3, 0.4) is 0 Å². The maximum absolute atomic E-state index is 13.1. The van der Waals surface area contributed by atoms with Gasteiger partial charge in [0, 0.05) is 44.3 Å². The number of ether oxygens (including phenoxy) is 1. The Bertz CT molecular complexity index is 1280. The average molecular weight is 661 g/mol. The van der Waals surface area contributed by atoms with Crippen LogP contribution < -0.4 is 27.0 Å². The number of rotatable bonds is 19. The lowest BCUT2D eigenvalue weighted by Gasteiger charge is -2.23. The fourth-order valence-corrected chi connectivity index (χ4v) is 4.19. The molecule has 0 radical (unpaired) electrons. The van der Waals surface area contributed by atoms with Gasteiger partial charge in [-0.3, -0.25) is 38.5 Å². The van der Waals surface area contributed by atoms with Crippen molar-refractivity contribution in [3.05, 3.63) is 42.0 Å². The number of hydrogen-bond acceptors (Lipinski definition) is 9. The molecule has 0 saturated carbocycles. The van der Waals surface area contributed by atoms with Crippen molar-refractivity contribution in [2.24, 2.45) is 5.73 Å². The van der Waals surface area contributed by atoms with E-state index in [2.05, 4.69) is 21.3 Å². The predicted molar refractivity (Wildman–Crippen MR) is 169 cm³/mol. The van der Waals surface area contributed by atoms with Crippen molar-refractivity contribution in [1.82, 2.24) is 20.9 Å². The first kappa shape index (κ1) is 39.7. The molecule has 0 aromatic heterocycles. The second kappa shape index (κ2) is 21.5. The van der Waals surface area contributed by atoms with Gasteiger partial charge in [-0.2, -0.15) is 0 Å². The molecule has 0 fully saturated rings. The van der Waals surface area contributed by atoms with Crippen LogP contribution in [0.2, 0.25) is 0 Å². The molecule has 0 aliphatic carbocycles. The zero-order valence-electron chi connectivity index (χ0n) is 26.8. The monoisotopic (exact) mass is 660 g/mol. The number of esters is 1. The van der Waals surface area contributed by atoms with E-state index < -0.39 is 66.0 Å². The second-order valence-electron chi connectivity index (χ2n) is 10.2. The summed E-state index contributed by atoms with van der Waals surface area (Å²) in [4.78, 5) is 96.5. The highest BCUT2D eigenvalue weighted by Gasteiger charge is 2.28. The third-order valence-corrected chi connectivity index (χ3v) is 6.48. The summed E-state index contributed by atoms with van der Waals surface area (Å²) in [5, 5.41) is 19.2. The zero-order chi connectivity index (χ0) is 35.4. The molecule has 1 aromatic carbocycles. The number of primary amides is 1. The summed E-state index contributed by atoms with van der Waals surface area (Å²) in [6.07, 6.45) is 3.15. The molecular weight excluding hydrogens is 616 g/mol. The smallest absolute Gasteiger partial charge is 0.312 e. The maximum atomic E-state index is 13.1. The van der Waals surface area contributed by atoms with Crippen molar-refractivity contribution < 1.29 is 48.2 Å². The molecule has 47 heavy (non-hydrogen) atoms. The number of imide groups is 1. The van der Waals surface area contributed by atoms with Crippen molar-refractivity contribution in [2.45, 2.75) is 84.4 Å². The van der Waals surface area contributed by atoms with Gasteiger partial charge in [-0.1, -0.05) is 32.4 Å². The lowest BCUT2D eigenvalue weighted by Crippen LogP contribution is -2.53. The number of carboxylic acid groups (broad SMARTS) is 1. The van der Waals surface area contributed by atoms with E-state index in [4.69, 9.17) is 10.5 Å². The van der Waals surface area contributed by atoms with E-state index >= 15 is 0 Å². The van der Waals surface area contributed by atoms with Crippen LogP contribution in [0.1, 0.15) is 71.3 Å². The van der Waals surface area contributed by atoms with Gasteiger partial charge in [0.25, 0.3) is 11.8 Å². The molecule has 7 N–H and O–H groups in total. The number of carbonyl (C=O) groups excluding carboxylic acids is 7. The van der Waals surface area contributed by atoms with Crippen LogP contribution in [0.15, 0.2) is 36.4 Å². The highest BCUT2D eigenvalue weighted by Crippen LogP contribution is 2.13. The van der Waals surface area contributed by atoms with Crippen LogP contribution in [-0.2, 0) is 44.9 Å². The Labute approximate surface area is 272 Å². The first-order valence-electron chi connectivity index (χ1n) is 15.3. The fraction of sp³-hybridized carbons (Fsp3) is 0.484. The van der Waals surface area contributed by atoms with Crippen molar-refractivity contribution in [3.63, 3.8) is 0 Å². The highest BCUT2D eigenvalue weighted by atomic mass is 16.5. The standard InChI is InChI=1S/C29H38N6O10.C2H6/c1-18(36)45-17-19-8-10-20(11-9-19)32-27(42)21(6-5-14-31-29(30)44)34-28(43)22(16-26(40)41)33-23(37)7-3-2-4-15-35-24(38)12-13-25(35)39;1-2/h8-13,21-22H,2-7,14-17H2,1H3,(H,32,42)(H,33,37)(H,34,43)(H,40,41)(H3,30,31,44);1-2H3/t21-,22-;/m0./s1. The summed E-state index contributed by atoms with van der Waals surface area (Å²) < 4.78 is 4.93. The Hall–Kier alpha value is -5.28. The number of amides is 7. The summed E-state index contributed by atoms with van der Waals surface area (Å²) in [6, 6.07) is 2.96. The van der Waals surface area contributed by atoms with Gasteiger partial charge in [0.05, 0.1) is 6.42 Å².